The van der Waals surface area contributed by atoms with Gasteiger partial charge in [0.15, 0.2) is 0 Å². The average molecular weight is 263 g/mol. The van der Waals surface area contributed by atoms with Crippen LogP contribution in [0.2, 0.25) is 0 Å². The zero-order valence-electron chi connectivity index (χ0n) is 11.5. The molecule has 2 heterocycles. The van der Waals surface area contributed by atoms with Crippen LogP contribution in [0, 0.1) is 0 Å². The molecule has 1 aromatic heterocycles. The molecule has 19 heavy (non-hydrogen) atoms. The molecule has 2 atom stereocenters. The monoisotopic (exact) mass is 263 g/mol. The minimum atomic E-state index is -0.239. The number of nitrogens with one attached hydrogen (secondary N) is 1. The summed E-state index contributed by atoms with van der Waals surface area (Å²) in [5.74, 6) is 0. The summed E-state index contributed by atoms with van der Waals surface area (Å²) in [6.07, 6.45) is 3.64. The zero-order valence-corrected chi connectivity index (χ0v) is 11.5. The minimum Gasteiger partial charge on any atom is -0.453 e. The number of rotatable bonds is 3. The van der Waals surface area contributed by atoms with Gasteiger partial charge in [0, 0.05) is 31.4 Å². The Bertz CT molecular complexity index is 410. The van der Waals surface area contributed by atoms with Crippen LogP contribution in [0.1, 0.15) is 31.5 Å². The summed E-state index contributed by atoms with van der Waals surface area (Å²) in [5, 5.41) is 3.53. The standard InChI is InChI=1S/C14H21N3O2/c1-11(13-7-3-4-8-15-13)16-12-6-5-9-17(10-12)14(18)19-2/h3-4,7-8,11-12,16H,5-6,9-10H2,1-2H3. The topological polar surface area (TPSA) is 54.5 Å². The molecule has 1 N–H and O–H groups in total. The Kier molecular flexibility index (Phi) is 4.74. The third-order valence-electron chi connectivity index (χ3n) is 3.47. The van der Waals surface area contributed by atoms with Gasteiger partial charge in [-0.2, -0.15) is 0 Å². The molecule has 1 amide bonds. The first-order valence-electron chi connectivity index (χ1n) is 6.70. The quantitative estimate of drug-likeness (QED) is 0.905. The predicted octanol–water partition coefficient (Wildman–Crippen LogP) is 1.96. The SMILES string of the molecule is COC(=O)N1CCCC(NC(C)c2ccccn2)C1. The number of methoxy groups -OCH3 is 1. The van der Waals surface area contributed by atoms with Gasteiger partial charge in [0.25, 0.3) is 0 Å². The van der Waals surface area contributed by atoms with Crippen LogP contribution in [0.4, 0.5) is 4.79 Å². The molecular weight excluding hydrogens is 242 g/mol. The lowest BCUT2D eigenvalue weighted by atomic mass is 10.0. The zero-order chi connectivity index (χ0) is 13.7. The number of ether oxygens (including phenoxy) is 1. The average Bonchev–Trinajstić information content (AvgIpc) is 2.47. The van der Waals surface area contributed by atoms with E-state index in [1.54, 1.807) is 11.1 Å². The lowest BCUT2D eigenvalue weighted by Crippen LogP contribution is -2.48. The summed E-state index contributed by atoms with van der Waals surface area (Å²) >= 11 is 0. The van der Waals surface area contributed by atoms with Crippen molar-refractivity contribution in [2.75, 3.05) is 20.2 Å². The highest BCUT2D eigenvalue weighted by atomic mass is 16.5. The second-order valence-electron chi connectivity index (χ2n) is 4.90. The van der Waals surface area contributed by atoms with Crippen molar-refractivity contribution in [1.29, 1.82) is 0 Å². The van der Waals surface area contributed by atoms with Crippen molar-refractivity contribution < 1.29 is 9.53 Å². The Morgan fingerprint density at radius 1 is 1.58 bits per heavy atom. The number of piperidine rings is 1. The van der Waals surface area contributed by atoms with E-state index < -0.39 is 0 Å². The molecule has 0 bridgehead atoms. The molecule has 0 aliphatic carbocycles. The van der Waals surface area contributed by atoms with Crippen LogP contribution in [0.5, 0.6) is 0 Å². The highest BCUT2D eigenvalue weighted by Crippen LogP contribution is 2.16. The first kappa shape index (κ1) is 13.8. The van der Waals surface area contributed by atoms with E-state index in [4.69, 9.17) is 4.74 Å². The summed E-state index contributed by atoms with van der Waals surface area (Å²) in [6.45, 7) is 3.58. The number of hydrogen-bond donors (Lipinski definition) is 1. The molecule has 2 unspecified atom stereocenters. The molecule has 1 fully saturated rings. The molecule has 1 aliphatic heterocycles. The summed E-state index contributed by atoms with van der Waals surface area (Å²) in [7, 11) is 1.43. The highest BCUT2D eigenvalue weighted by Gasteiger charge is 2.25. The molecule has 0 aromatic carbocycles. The molecule has 104 valence electrons. The number of carbonyl (C=O) groups excluding carboxylic acids is 1. The molecular formula is C14H21N3O2. The molecule has 5 heteroatoms. The number of hydrogen-bond acceptors (Lipinski definition) is 4. The Morgan fingerprint density at radius 3 is 3.11 bits per heavy atom. The van der Waals surface area contributed by atoms with Crippen molar-refractivity contribution in [2.45, 2.75) is 31.8 Å². The van der Waals surface area contributed by atoms with Crippen LogP contribution >= 0.6 is 0 Å². The number of likely N-dealkylation sites (tertiary alicyclic amines) is 1. The maximum Gasteiger partial charge on any atom is 0.409 e. The van der Waals surface area contributed by atoms with Crippen molar-refractivity contribution in [3.8, 4) is 0 Å². The van der Waals surface area contributed by atoms with Gasteiger partial charge in [-0.3, -0.25) is 4.98 Å². The normalized spacial score (nSPS) is 20.9. The second kappa shape index (κ2) is 6.52. The van der Waals surface area contributed by atoms with Crippen molar-refractivity contribution >= 4 is 6.09 Å². The third kappa shape index (κ3) is 3.67. The van der Waals surface area contributed by atoms with Gasteiger partial charge in [-0.25, -0.2) is 4.79 Å². The van der Waals surface area contributed by atoms with Gasteiger partial charge in [0.1, 0.15) is 0 Å². The second-order valence-corrected chi connectivity index (χ2v) is 4.90. The summed E-state index contributed by atoms with van der Waals surface area (Å²) < 4.78 is 4.77. The van der Waals surface area contributed by atoms with E-state index in [1.165, 1.54) is 7.11 Å². The van der Waals surface area contributed by atoms with Gasteiger partial charge in [-0.05, 0) is 31.9 Å². The maximum atomic E-state index is 11.5. The van der Waals surface area contributed by atoms with E-state index in [0.717, 1.165) is 25.1 Å². The maximum absolute atomic E-state index is 11.5. The van der Waals surface area contributed by atoms with Crippen LogP contribution in [0.3, 0.4) is 0 Å². The molecule has 0 radical (unpaired) electrons. The number of carbonyl (C=O) groups is 1. The van der Waals surface area contributed by atoms with Gasteiger partial charge in [0.05, 0.1) is 12.8 Å². The van der Waals surface area contributed by atoms with Crippen LogP contribution in [0.15, 0.2) is 24.4 Å². The number of pyridine rings is 1. The third-order valence-corrected chi connectivity index (χ3v) is 3.47. The van der Waals surface area contributed by atoms with Crippen molar-refractivity contribution in [2.24, 2.45) is 0 Å². The molecule has 0 saturated carbocycles. The van der Waals surface area contributed by atoms with Crippen molar-refractivity contribution in [3.63, 3.8) is 0 Å². The highest BCUT2D eigenvalue weighted by molar-refractivity contribution is 5.67. The van der Waals surface area contributed by atoms with Crippen molar-refractivity contribution in [1.82, 2.24) is 15.2 Å². The predicted molar refractivity (Wildman–Crippen MR) is 72.8 cm³/mol. The summed E-state index contributed by atoms with van der Waals surface area (Å²) in [4.78, 5) is 17.6. The first-order valence-corrected chi connectivity index (χ1v) is 6.70. The first-order chi connectivity index (χ1) is 9.20. The van der Waals surface area contributed by atoms with E-state index in [0.29, 0.717) is 12.6 Å². The van der Waals surface area contributed by atoms with Gasteiger partial charge in [0.2, 0.25) is 0 Å². The Labute approximate surface area is 114 Å². The van der Waals surface area contributed by atoms with E-state index in [1.807, 2.05) is 18.2 Å². The largest absolute Gasteiger partial charge is 0.453 e. The summed E-state index contributed by atoms with van der Waals surface area (Å²) in [6, 6.07) is 6.39. The van der Waals surface area contributed by atoms with Crippen LogP contribution < -0.4 is 5.32 Å². The summed E-state index contributed by atoms with van der Waals surface area (Å²) in [5.41, 5.74) is 1.03. The fourth-order valence-corrected chi connectivity index (χ4v) is 2.48. The molecule has 1 aromatic rings. The van der Waals surface area contributed by atoms with Crippen molar-refractivity contribution in [3.05, 3.63) is 30.1 Å². The molecule has 0 spiro atoms. The van der Waals surface area contributed by atoms with E-state index >= 15 is 0 Å². The smallest absolute Gasteiger partial charge is 0.409 e. The van der Waals surface area contributed by atoms with Crippen LogP contribution in [0.25, 0.3) is 0 Å². The number of nitrogens with zero attached hydrogens (tertiary/aromatic N) is 2. The Morgan fingerprint density at radius 2 is 2.42 bits per heavy atom. The van der Waals surface area contributed by atoms with E-state index in [2.05, 4.69) is 17.2 Å². The van der Waals surface area contributed by atoms with E-state index in [9.17, 15) is 4.79 Å². The minimum absolute atomic E-state index is 0.184. The van der Waals surface area contributed by atoms with Gasteiger partial charge >= 0.3 is 6.09 Å². The number of aromatic nitrogens is 1. The fraction of sp³-hybridized carbons (Fsp3) is 0.571. The fourth-order valence-electron chi connectivity index (χ4n) is 2.48. The number of amides is 1. The molecule has 5 nitrogen and oxygen atoms in total. The van der Waals surface area contributed by atoms with E-state index in [-0.39, 0.29) is 12.1 Å². The Hall–Kier alpha value is -1.62. The lowest BCUT2D eigenvalue weighted by Gasteiger charge is -2.33. The molecule has 2 rings (SSSR count). The lowest BCUT2D eigenvalue weighted by molar-refractivity contribution is 0.106. The molecule has 1 saturated heterocycles. The Balaban J connectivity index is 1.90. The van der Waals surface area contributed by atoms with Gasteiger partial charge < -0.3 is 15.0 Å². The van der Waals surface area contributed by atoms with Gasteiger partial charge in [-0.1, -0.05) is 6.07 Å². The van der Waals surface area contributed by atoms with Crippen LogP contribution in [-0.2, 0) is 4.74 Å². The van der Waals surface area contributed by atoms with Crippen LogP contribution in [-0.4, -0.2) is 42.2 Å². The van der Waals surface area contributed by atoms with Gasteiger partial charge in [-0.15, -0.1) is 0 Å². The molecule has 1 aliphatic rings.